The molecule has 196 valence electrons. The molecular weight excluding hydrogens is 474 g/mol. The van der Waals surface area contributed by atoms with Gasteiger partial charge in [-0.15, -0.1) is 0 Å². The predicted octanol–water partition coefficient (Wildman–Crippen LogP) is 2.50. The molecule has 0 radical (unpaired) electrons. The zero-order chi connectivity index (χ0) is 26.5. The van der Waals surface area contributed by atoms with Crippen LogP contribution in [0.2, 0.25) is 0 Å². The highest BCUT2D eigenvalue weighted by Crippen LogP contribution is 2.35. The van der Waals surface area contributed by atoms with Crippen molar-refractivity contribution in [3.05, 3.63) is 53.3 Å². The molecule has 1 aliphatic heterocycles. The van der Waals surface area contributed by atoms with E-state index < -0.39 is 6.61 Å². The summed E-state index contributed by atoms with van der Waals surface area (Å²) in [4.78, 5) is 44.4. The zero-order valence-electron chi connectivity index (χ0n) is 21.4. The van der Waals surface area contributed by atoms with Gasteiger partial charge in [-0.1, -0.05) is 25.1 Å². The van der Waals surface area contributed by atoms with E-state index in [1.807, 2.05) is 26.0 Å². The van der Waals surface area contributed by atoms with Crippen LogP contribution in [0, 0.1) is 0 Å². The van der Waals surface area contributed by atoms with Crippen LogP contribution < -0.4 is 15.4 Å². The minimum atomic E-state index is -0.509. The van der Waals surface area contributed by atoms with E-state index in [4.69, 9.17) is 14.8 Å². The van der Waals surface area contributed by atoms with Crippen LogP contribution in [0.1, 0.15) is 53.2 Å². The van der Waals surface area contributed by atoms with Crippen molar-refractivity contribution in [3.8, 4) is 5.75 Å². The Morgan fingerprint density at radius 2 is 1.81 bits per heavy atom. The topological polar surface area (TPSA) is 126 Å². The maximum atomic E-state index is 13.4. The molecule has 0 saturated carbocycles. The molecule has 10 heteroatoms. The number of aliphatic hydroxyl groups excluding tert-OH is 1. The van der Waals surface area contributed by atoms with Crippen molar-refractivity contribution in [2.24, 2.45) is 7.05 Å². The summed E-state index contributed by atoms with van der Waals surface area (Å²) in [6.45, 7) is 4.60. The molecule has 3 amide bonds. The molecule has 3 heterocycles. The van der Waals surface area contributed by atoms with Crippen LogP contribution in [0.15, 0.2) is 36.4 Å². The molecule has 1 aromatic carbocycles. The number of hydrogen-bond donors (Lipinski definition) is 3. The number of fused-ring (bicyclic) bond motifs is 1. The van der Waals surface area contributed by atoms with E-state index in [1.165, 1.54) is 0 Å². The van der Waals surface area contributed by atoms with Crippen molar-refractivity contribution in [2.75, 3.05) is 31.6 Å². The summed E-state index contributed by atoms with van der Waals surface area (Å²) in [6.07, 6.45) is 1.78. The number of amides is 3. The molecule has 0 atom stereocenters. The molecular formula is C27H33N5O5. The minimum Gasteiger partial charge on any atom is -0.491 e. The Hall–Kier alpha value is -3.92. The van der Waals surface area contributed by atoms with Gasteiger partial charge in [-0.05, 0) is 44.4 Å². The van der Waals surface area contributed by atoms with Crippen LogP contribution in [-0.4, -0.2) is 69.6 Å². The van der Waals surface area contributed by atoms with Gasteiger partial charge in [0.25, 0.3) is 11.8 Å². The minimum absolute atomic E-state index is 0.109. The Balaban J connectivity index is 1.64. The van der Waals surface area contributed by atoms with E-state index in [0.717, 1.165) is 0 Å². The second kappa shape index (κ2) is 11.4. The van der Waals surface area contributed by atoms with E-state index in [-0.39, 0.29) is 23.8 Å². The number of aromatic nitrogens is 2. The van der Waals surface area contributed by atoms with Crippen LogP contribution in [0.4, 0.5) is 5.69 Å². The number of nitrogens with zero attached hydrogens (tertiary/aromatic N) is 3. The van der Waals surface area contributed by atoms with E-state index in [1.54, 1.807) is 40.8 Å². The predicted molar refractivity (Wildman–Crippen MR) is 140 cm³/mol. The number of ether oxygens (including phenoxy) is 1. The lowest BCUT2D eigenvalue weighted by Gasteiger charge is -2.32. The molecule has 2 aromatic heterocycles. The highest BCUT2D eigenvalue weighted by atomic mass is 16.5. The van der Waals surface area contributed by atoms with Crippen molar-refractivity contribution in [2.45, 2.75) is 39.2 Å². The number of benzene rings is 1. The van der Waals surface area contributed by atoms with Gasteiger partial charge in [0.05, 0.1) is 23.4 Å². The quantitative estimate of drug-likeness (QED) is 0.430. The van der Waals surface area contributed by atoms with Gasteiger partial charge in [0, 0.05) is 31.7 Å². The number of hydrogen-bond acceptors (Lipinski definition) is 6. The summed E-state index contributed by atoms with van der Waals surface area (Å²) in [7, 11) is 1.77. The Morgan fingerprint density at radius 3 is 2.43 bits per heavy atom. The second-order valence-electron chi connectivity index (χ2n) is 8.98. The number of aryl methyl sites for hydroxylation is 2. The van der Waals surface area contributed by atoms with Gasteiger partial charge in [0.2, 0.25) is 5.91 Å². The lowest BCUT2D eigenvalue weighted by Crippen LogP contribution is -2.47. The third kappa shape index (κ3) is 5.43. The monoisotopic (exact) mass is 507 g/mol. The number of likely N-dealkylation sites (tertiary alicyclic amines) is 1. The lowest BCUT2D eigenvalue weighted by molar-refractivity contribution is -0.135. The van der Waals surface area contributed by atoms with Crippen molar-refractivity contribution in [1.82, 2.24) is 19.8 Å². The largest absolute Gasteiger partial charge is 0.491 e. The number of rotatable bonds is 8. The fraction of sp³-hybridized carbons (Fsp3) is 0.407. The lowest BCUT2D eigenvalue weighted by atomic mass is 10.0. The van der Waals surface area contributed by atoms with Crippen molar-refractivity contribution in [3.63, 3.8) is 0 Å². The number of piperidine rings is 1. The van der Waals surface area contributed by atoms with E-state index in [2.05, 4.69) is 10.6 Å². The van der Waals surface area contributed by atoms with Crippen molar-refractivity contribution >= 4 is 34.4 Å². The SMILES string of the molecule is CCOc1c(C(=O)NC2CCN(C(=O)CO)CC2)n(C)c2nc(CC)c(NC(=O)c3ccccc3)cc12. The molecule has 1 fully saturated rings. The second-order valence-corrected chi connectivity index (χ2v) is 8.98. The van der Waals surface area contributed by atoms with E-state index in [0.29, 0.717) is 78.4 Å². The summed E-state index contributed by atoms with van der Waals surface area (Å²) in [5.74, 6) is -0.418. The van der Waals surface area contributed by atoms with Crippen LogP contribution >= 0.6 is 0 Å². The Kier molecular flexibility index (Phi) is 8.08. The molecule has 0 bridgehead atoms. The van der Waals surface area contributed by atoms with Gasteiger partial charge in [-0.25, -0.2) is 4.98 Å². The molecule has 3 N–H and O–H groups in total. The highest BCUT2D eigenvalue weighted by Gasteiger charge is 2.29. The van der Waals surface area contributed by atoms with Crippen LogP contribution in [0.25, 0.3) is 11.0 Å². The standard InChI is InChI=1S/C27H33N5O5/c1-4-20-21(30-26(35)17-9-7-6-8-10-17)15-19-24(37-5-2)23(31(3)25(19)29-20)27(36)28-18-11-13-32(14-12-18)22(34)16-33/h6-10,15,18,33H,4-5,11-14,16H2,1-3H3,(H,28,36)(H,30,35). The number of nitrogens with one attached hydrogen (secondary N) is 2. The smallest absolute Gasteiger partial charge is 0.272 e. The van der Waals surface area contributed by atoms with Gasteiger partial charge in [-0.2, -0.15) is 0 Å². The van der Waals surface area contributed by atoms with Crippen molar-refractivity contribution in [1.29, 1.82) is 0 Å². The maximum Gasteiger partial charge on any atom is 0.272 e. The van der Waals surface area contributed by atoms with E-state index in [9.17, 15) is 14.4 Å². The molecule has 10 nitrogen and oxygen atoms in total. The van der Waals surface area contributed by atoms with Gasteiger partial charge in [0.1, 0.15) is 12.3 Å². The molecule has 1 saturated heterocycles. The molecule has 0 spiro atoms. The first-order chi connectivity index (χ1) is 17.9. The Morgan fingerprint density at radius 1 is 1.11 bits per heavy atom. The van der Waals surface area contributed by atoms with Gasteiger partial charge in [0.15, 0.2) is 11.4 Å². The molecule has 1 aliphatic rings. The Labute approximate surface area is 215 Å². The summed E-state index contributed by atoms with van der Waals surface area (Å²) in [5, 5.41) is 15.8. The maximum absolute atomic E-state index is 13.4. The van der Waals surface area contributed by atoms with Crippen LogP contribution in [0.5, 0.6) is 5.75 Å². The number of aliphatic hydroxyl groups is 1. The third-order valence-electron chi connectivity index (χ3n) is 6.64. The fourth-order valence-corrected chi connectivity index (χ4v) is 4.68. The first kappa shape index (κ1) is 26.2. The molecule has 0 aliphatic carbocycles. The van der Waals surface area contributed by atoms with Gasteiger partial charge < -0.3 is 29.9 Å². The number of carbonyl (C=O) groups excluding carboxylic acids is 3. The van der Waals surface area contributed by atoms with Crippen molar-refractivity contribution < 1.29 is 24.2 Å². The molecule has 3 aromatic rings. The third-order valence-corrected chi connectivity index (χ3v) is 6.64. The average molecular weight is 508 g/mol. The Bertz CT molecular complexity index is 1300. The molecule has 37 heavy (non-hydrogen) atoms. The fourth-order valence-electron chi connectivity index (χ4n) is 4.68. The number of pyridine rings is 1. The van der Waals surface area contributed by atoms with Crippen LogP contribution in [0.3, 0.4) is 0 Å². The zero-order valence-corrected chi connectivity index (χ0v) is 21.4. The number of carbonyl (C=O) groups is 3. The first-order valence-corrected chi connectivity index (χ1v) is 12.6. The molecule has 4 rings (SSSR count). The van der Waals surface area contributed by atoms with Crippen LogP contribution in [-0.2, 0) is 18.3 Å². The van der Waals surface area contributed by atoms with E-state index >= 15 is 0 Å². The van der Waals surface area contributed by atoms with Gasteiger partial charge in [-0.3, -0.25) is 14.4 Å². The first-order valence-electron chi connectivity index (χ1n) is 12.6. The summed E-state index contributed by atoms with van der Waals surface area (Å²) in [6, 6.07) is 10.7. The summed E-state index contributed by atoms with van der Waals surface area (Å²) < 4.78 is 7.67. The molecule has 0 unspecified atom stereocenters. The average Bonchev–Trinajstić information content (AvgIpc) is 3.19. The normalized spacial score (nSPS) is 14.0. The highest BCUT2D eigenvalue weighted by molar-refractivity contribution is 6.07. The summed E-state index contributed by atoms with van der Waals surface area (Å²) >= 11 is 0. The number of anilines is 1. The van der Waals surface area contributed by atoms with Gasteiger partial charge >= 0.3 is 0 Å². The summed E-state index contributed by atoms with van der Waals surface area (Å²) in [5.41, 5.74) is 2.75.